The zero-order valence-electron chi connectivity index (χ0n) is 41.1. The van der Waals surface area contributed by atoms with Gasteiger partial charge in [0.1, 0.15) is 0 Å². The van der Waals surface area contributed by atoms with Gasteiger partial charge in [-0.2, -0.15) is 25.1 Å². The first kappa shape index (κ1) is 51.3. The molecule has 1 unspecified atom stereocenters. The smallest absolute Gasteiger partial charge is 0.227 e. The number of rotatable bonds is 26. The SMILES string of the molecule is CC1(C)CC(CCCCNc2nc(NCCCCC3CC(C)(C)N(OC4CCCCC4)C(C)(C)C3)nc(C(CCN)NCCNCCCN)n2)CC(C)(C)N1OC1CCCCC1. The summed E-state index contributed by atoms with van der Waals surface area (Å²) in [6.45, 7) is 24.6. The van der Waals surface area contributed by atoms with E-state index >= 15 is 0 Å². The van der Waals surface area contributed by atoms with E-state index in [1.165, 1.54) is 116 Å². The summed E-state index contributed by atoms with van der Waals surface area (Å²) < 4.78 is 0. The zero-order chi connectivity index (χ0) is 44.6. The normalized spacial score (nSPS) is 23.4. The van der Waals surface area contributed by atoms with Crippen molar-refractivity contribution in [3.63, 3.8) is 0 Å². The third-order valence-corrected chi connectivity index (χ3v) is 14.3. The number of nitrogens with two attached hydrogens (primary N) is 2. The van der Waals surface area contributed by atoms with E-state index in [1.807, 2.05) is 0 Å². The van der Waals surface area contributed by atoms with Crippen molar-refractivity contribution in [2.45, 2.75) is 237 Å². The second-order valence-electron chi connectivity index (χ2n) is 22.3. The second kappa shape index (κ2) is 24.7. The van der Waals surface area contributed by atoms with Crippen LogP contribution in [0.4, 0.5) is 11.9 Å². The number of hydroxylamine groups is 4. The number of piperidine rings is 2. The number of anilines is 2. The Morgan fingerprint density at radius 1 is 0.548 bits per heavy atom. The van der Waals surface area contributed by atoms with Crippen LogP contribution >= 0.6 is 0 Å². The van der Waals surface area contributed by atoms with Gasteiger partial charge in [0.25, 0.3) is 0 Å². The van der Waals surface area contributed by atoms with Crippen LogP contribution < -0.4 is 32.7 Å². The fraction of sp³-hybridized carbons (Fsp3) is 0.939. The molecule has 5 rings (SSSR count). The van der Waals surface area contributed by atoms with Gasteiger partial charge >= 0.3 is 0 Å². The second-order valence-corrected chi connectivity index (χ2v) is 22.3. The molecule has 0 aromatic carbocycles. The molecule has 2 aliphatic heterocycles. The molecular formula is C49H95N11O2. The molecule has 2 saturated carbocycles. The van der Waals surface area contributed by atoms with Crippen molar-refractivity contribution in [2.24, 2.45) is 23.3 Å². The molecule has 4 aliphatic rings. The van der Waals surface area contributed by atoms with Crippen LogP contribution in [0, 0.1) is 11.8 Å². The van der Waals surface area contributed by atoms with E-state index in [-0.39, 0.29) is 28.2 Å². The molecule has 8 N–H and O–H groups in total. The maximum Gasteiger partial charge on any atom is 0.227 e. The molecule has 1 aromatic heterocycles. The molecule has 0 amide bonds. The van der Waals surface area contributed by atoms with Gasteiger partial charge < -0.3 is 32.7 Å². The van der Waals surface area contributed by atoms with E-state index in [0.717, 1.165) is 64.2 Å². The van der Waals surface area contributed by atoms with Crippen molar-refractivity contribution >= 4 is 11.9 Å². The van der Waals surface area contributed by atoms with Gasteiger partial charge in [-0.1, -0.05) is 64.2 Å². The van der Waals surface area contributed by atoms with Gasteiger partial charge in [-0.25, -0.2) is 0 Å². The Labute approximate surface area is 378 Å². The lowest BCUT2D eigenvalue weighted by molar-refractivity contribution is -0.314. The van der Waals surface area contributed by atoms with E-state index in [2.05, 4.69) is 86.8 Å². The van der Waals surface area contributed by atoms with E-state index in [1.54, 1.807) is 0 Å². The maximum atomic E-state index is 6.77. The van der Waals surface area contributed by atoms with Crippen molar-refractivity contribution in [2.75, 3.05) is 56.4 Å². The van der Waals surface area contributed by atoms with Gasteiger partial charge in [-0.15, -0.1) is 0 Å². The molecule has 3 heterocycles. The van der Waals surface area contributed by atoms with Crippen LogP contribution in [0.1, 0.15) is 209 Å². The van der Waals surface area contributed by atoms with Crippen molar-refractivity contribution in [1.29, 1.82) is 0 Å². The molecule has 0 spiro atoms. The number of nitrogens with zero attached hydrogens (tertiary/aromatic N) is 5. The van der Waals surface area contributed by atoms with E-state index in [9.17, 15) is 0 Å². The molecule has 2 aliphatic carbocycles. The van der Waals surface area contributed by atoms with Gasteiger partial charge in [0.2, 0.25) is 11.9 Å². The quantitative estimate of drug-likeness (QED) is 0.0490. The minimum absolute atomic E-state index is 0.0241. The number of unbranched alkanes of at least 4 members (excludes halogenated alkanes) is 2. The Morgan fingerprint density at radius 3 is 1.42 bits per heavy atom. The minimum Gasteiger partial charge on any atom is -0.354 e. The van der Waals surface area contributed by atoms with Crippen molar-refractivity contribution in [1.82, 2.24) is 35.7 Å². The first-order valence-electron chi connectivity index (χ1n) is 25.6. The minimum atomic E-state index is -0.0558. The molecule has 62 heavy (non-hydrogen) atoms. The lowest BCUT2D eigenvalue weighted by Crippen LogP contribution is -2.61. The van der Waals surface area contributed by atoms with Crippen LogP contribution in [-0.2, 0) is 9.68 Å². The highest BCUT2D eigenvalue weighted by Crippen LogP contribution is 2.46. The highest BCUT2D eigenvalue weighted by atomic mass is 16.7. The number of nitrogens with one attached hydrogen (secondary N) is 4. The van der Waals surface area contributed by atoms with Crippen LogP contribution in [0.15, 0.2) is 0 Å². The van der Waals surface area contributed by atoms with E-state index in [0.29, 0.717) is 49.0 Å². The highest BCUT2D eigenvalue weighted by Gasteiger charge is 2.48. The summed E-state index contributed by atoms with van der Waals surface area (Å²) in [5.41, 5.74) is 11.9. The average Bonchev–Trinajstić information content (AvgIpc) is 3.21. The van der Waals surface area contributed by atoms with Gasteiger partial charge in [0, 0.05) is 48.3 Å². The number of aromatic nitrogens is 3. The summed E-state index contributed by atoms with van der Waals surface area (Å²) in [5, 5.41) is 19.1. The Balaban J connectivity index is 1.12. The molecule has 4 fully saturated rings. The Kier molecular flexibility index (Phi) is 20.4. The lowest BCUT2D eigenvalue weighted by atomic mass is 9.73. The summed E-state index contributed by atoms with van der Waals surface area (Å²) in [6.07, 6.45) is 26.8. The number of hydrogen-bond acceptors (Lipinski definition) is 13. The van der Waals surface area contributed by atoms with Crippen LogP contribution in [0.5, 0.6) is 0 Å². The van der Waals surface area contributed by atoms with E-state index < -0.39 is 0 Å². The Morgan fingerprint density at radius 2 is 1.00 bits per heavy atom. The summed E-state index contributed by atoms with van der Waals surface area (Å²) in [5.74, 6) is 3.40. The van der Waals surface area contributed by atoms with Crippen LogP contribution in [0.3, 0.4) is 0 Å². The van der Waals surface area contributed by atoms with Gasteiger partial charge in [0.15, 0.2) is 5.82 Å². The summed E-state index contributed by atoms with van der Waals surface area (Å²) >= 11 is 0. The van der Waals surface area contributed by atoms with Gasteiger partial charge in [-0.3, -0.25) is 9.68 Å². The summed E-state index contributed by atoms with van der Waals surface area (Å²) in [4.78, 5) is 28.4. The topological polar surface area (TPSA) is 164 Å². The number of hydrogen-bond donors (Lipinski definition) is 6. The molecule has 1 atom stereocenters. The van der Waals surface area contributed by atoms with Crippen molar-refractivity contribution in [3.05, 3.63) is 5.82 Å². The molecule has 2 saturated heterocycles. The molecular weight excluding hydrogens is 775 g/mol. The molecule has 1 aromatic rings. The van der Waals surface area contributed by atoms with Crippen LogP contribution in [-0.4, -0.2) is 105 Å². The van der Waals surface area contributed by atoms with Gasteiger partial charge in [-0.05, 0) is 164 Å². The molecule has 13 nitrogen and oxygen atoms in total. The third-order valence-electron chi connectivity index (χ3n) is 14.3. The third kappa shape index (κ3) is 16.0. The monoisotopic (exact) mass is 870 g/mol. The zero-order valence-corrected chi connectivity index (χ0v) is 41.1. The Hall–Kier alpha value is -1.71. The fourth-order valence-corrected chi connectivity index (χ4v) is 12.0. The van der Waals surface area contributed by atoms with Crippen LogP contribution in [0.2, 0.25) is 0 Å². The van der Waals surface area contributed by atoms with Crippen LogP contribution in [0.25, 0.3) is 0 Å². The first-order chi connectivity index (χ1) is 29.6. The van der Waals surface area contributed by atoms with E-state index in [4.69, 9.17) is 36.1 Å². The van der Waals surface area contributed by atoms with Gasteiger partial charge in [0.05, 0.1) is 18.2 Å². The summed E-state index contributed by atoms with van der Waals surface area (Å²) in [7, 11) is 0. The standard InChI is InChI=1S/C49H95N11O2/c1-46(2)34-38(35-47(3,4)59(46)61-40-22-11-9-12-23-40)20-15-17-30-54-44-56-43(42(26-28-51)53-33-32-52-29-19-27-50)57-45(58-44)55-31-18-16-21-39-36-48(5,6)60(49(7,8)37-39)62-41-24-13-10-14-25-41/h38-42,52-53H,9-37,50-51H2,1-8H3,(H2,54,55,56,57,58). The predicted octanol–water partition coefficient (Wildman–Crippen LogP) is 9.02. The molecule has 0 bridgehead atoms. The molecule has 358 valence electrons. The largest absolute Gasteiger partial charge is 0.354 e. The first-order valence-corrected chi connectivity index (χ1v) is 25.6. The van der Waals surface area contributed by atoms with Crippen molar-refractivity contribution < 1.29 is 9.68 Å². The predicted molar refractivity (Wildman–Crippen MR) is 257 cm³/mol. The lowest BCUT2D eigenvalue weighted by Gasteiger charge is -2.55. The molecule has 13 heteroatoms. The average molecular weight is 870 g/mol. The molecule has 0 radical (unpaired) electrons. The maximum absolute atomic E-state index is 6.77. The fourth-order valence-electron chi connectivity index (χ4n) is 12.0. The Bertz CT molecular complexity index is 1290. The summed E-state index contributed by atoms with van der Waals surface area (Å²) in [6, 6.07) is -0.0558. The van der Waals surface area contributed by atoms with Crippen molar-refractivity contribution in [3.8, 4) is 0 Å². The highest BCUT2D eigenvalue weighted by molar-refractivity contribution is 5.35.